The fourth-order valence-corrected chi connectivity index (χ4v) is 3.68. The average Bonchev–Trinajstić information content (AvgIpc) is 2.75. The first-order chi connectivity index (χ1) is 9.34. The molecule has 0 spiro atoms. The van der Waals surface area contributed by atoms with E-state index in [1.807, 2.05) is 0 Å². The van der Waals surface area contributed by atoms with Gasteiger partial charge in [-0.15, -0.1) is 0 Å². The molecule has 0 saturated carbocycles. The Balaban J connectivity index is 1.71. The number of benzene rings is 1. The second kappa shape index (κ2) is 5.92. The quantitative estimate of drug-likeness (QED) is 0.794. The Labute approximate surface area is 116 Å². The minimum Gasteiger partial charge on any atom is -0.324 e. The summed E-state index contributed by atoms with van der Waals surface area (Å²) in [5, 5.41) is 0. The Kier molecular flexibility index (Phi) is 4.03. The van der Waals surface area contributed by atoms with Crippen molar-refractivity contribution < 1.29 is 0 Å². The number of aryl methyl sites for hydroxylation is 1. The first-order valence-corrected chi connectivity index (χ1v) is 7.86. The molecule has 2 N–H and O–H groups in total. The highest BCUT2D eigenvalue weighted by Gasteiger charge is 2.26. The van der Waals surface area contributed by atoms with E-state index in [-0.39, 0.29) is 0 Å². The summed E-state index contributed by atoms with van der Waals surface area (Å²) in [5.41, 5.74) is 11.2. The van der Waals surface area contributed by atoms with Crippen LogP contribution >= 0.6 is 0 Å². The second-order valence-electron chi connectivity index (χ2n) is 6.18. The molecule has 2 atom stereocenters. The van der Waals surface area contributed by atoms with Crippen LogP contribution in [0.3, 0.4) is 0 Å². The van der Waals surface area contributed by atoms with Gasteiger partial charge in [-0.25, -0.2) is 0 Å². The van der Waals surface area contributed by atoms with Gasteiger partial charge in [-0.3, -0.25) is 0 Å². The Morgan fingerprint density at radius 3 is 2.74 bits per heavy atom. The van der Waals surface area contributed by atoms with Gasteiger partial charge in [0.1, 0.15) is 0 Å². The molecule has 19 heavy (non-hydrogen) atoms. The van der Waals surface area contributed by atoms with E-state index in [1.165, 1.54) is 56.9 Å². The third-order valence-corrected chi connectivity index (χ3v) is 4.90. The Bertz CT molecular complexity index is 461. The number of rotatable bonds is 2. The molecule has 0 heterocycles. The molecule has 2 aliphatic rings. The van der Waals surface area contributed by atoms with Crippen molar-refractivity contribution in [3.63, 3.8) is 0 Å². The van der Waals surface area contributed by atoms with Gasteiger partial charge in [-0.2, -0.15) is 0 Å². The van der Waals surface area contributed by atoms with Gasteiger partial charge in [-0.1, -0.05) is 42.3 Å². The SMILES string of the molecule is NC(C1=CCCCCC1)C1CCc2ccccc2C1. The number of hydrogen-bond donors (Lipinski definition) is 1. The number of allylic oxidation sites excluding steroid dienone is 1. The first-order valence-electron chi connectivity index (χ1n) is 7.86. The summed E-state index contributed by atoms with van der Waals surface area (Å²) in [6, 6.07) is 9.19. The van der Waals surface area contributed by atoms with E-state index >= 15 is 0 Å². The van der Waals surface area contributed by atoms with Crippen molar-refractivity contribution in [1.29, 1.82) is 0 Å². The standard InChI is InChI=1S/C18H25N/c19-18(15-8-3-1-2-4-9-15)17-12-11-14-7-5-6-10-16(14)13-17/h5-8,10,17-18H,1-4,9,11-13,19H2. The molecule has 0 aliphatic heterocycles. The van der Waals surface area contributed by atoms with Gasteiger partial charge in [0.2, 0.25) is 0 Å². The molecule has 1 heteroatoms. The molecule has 1 aromatic rings. The highest BCUT2D eigenvalue weighted by atomic mass is 14.7. The first kappa shape index (κ1) is 12.9. The zero-order valence-electron chi connectivity index (χ0n) is 11.8. The summed E-state index contributed by atoms with van der Waals surface area (Å²) >= 11 is 0. The number of hydrogen-bond acceptors (Lipinski definition) is 1. The van der Waals surface area contributed by atoms with Crippen LogP contribution in [0.5, 0.6) is 0 Å². The fourth-order valence-electron chi connectivity index (χ4n) is 3.68. The third kappa shape index (κ3) is 2.92. The molecule has 1 nitrogen and oxygen atoms in total. The summed E-state index contributed by atoms with van der Waals surface area (Å²) in [5.74, 6) is 0.652. The van der Waals surface area contributed by atoms with Crippen LogP contribution < -0.4 is 5.73 Å². The van der Waals surface area contributed by atoms with Crippen LogP contribution in [0.15, 0.2) is 35.9 Å². The molecule has 0 aromatic heterocycles. The highest BCUT2D eigenvalue weighted by molar-refractivity contribution is 5.31. The maximum Gasteiger partial charge on any atom is 0.0285 e. The van der Waals surface area contributed by atoms with E-state index in [2.05, 4.69) is 30.3 Å². The van der Waals surface area contributed by atoms with Crippen LogP contribution in [0.4, 0.5) is 0 Å². The predicted molar refractivity (Wildman–Crippen MR) is 81.1 cm³/mol. The van der Waals surface area contributed by atoms with Crippen molar-refractivity contribution in [2.75, 3.05) is 0 Å². The van der Waals surface area contributed by atoms with E-state index in [0.29, 0.717) is 12.0 Å². The molecule has 2 unspecified atom stereocenters. The van der Waals surface area contributed by atoms with E-state index in [0.717, 1.165) is 0 Å². The zero-order chi connectivity index (χ0) is 13.1. The third-order valence-electron chi connectivity index (χ3n) is 4.90. The van der Waals surface area contributed by atoms with E-state index in [9.17, 15) is 0 Å². The van der Waals surface area contributed by atoms with E-state index < -0.39 is 0 Å². The molecule has 102 valence electrons. The van der Waals surface area contributed by atoms with Crippen LogP contribution in [-0.4, -0.2) is 6.04 Å². The highest BCUT2D eigenvalue weighted by Crippen LogP contribution is 2.31. The van der Waals surface area contributed by atoms with Crippen molar-refractivity contribution in [3.05, 3.63) is 47.0 Å². The lowest BCUT2D eigenvalue weighted by atomic mass is 9.77. The van der Waals surface area contributed by atoms with Crippen LogP contribution in [0.25, 0.3) is 0 Å². The lowest BCUT2D eigenvalue weighted by molar-refractivity contribution is 0.399. The molecule has 2 aliphatic carbocycles. The largest absolute Gasteiger partial charge is 0.324 e. The Hall–Kier alpha value is -1.08. The van der Waals surface area contributed by atoms with Gasteiger partial charge < -0.3 is 5.73 Å². The van der Waals surface area contributed by atoms with E-state index in [4.69, 9.17) is 5.73 Å². The smallest absolute Gasteiger partial charge is 0.0285 e. The molecule has 1 aromatic carbocycles. The van der Waals surface area contributed by atoms with Gasteiger partial charge in [0.05, 0.1) is 0 Å². The van der Waals surface area contributed by atoms with Gasteiger partial charge in [-0.05, 0) is 62.0 Å². The van der Waals surface area contributed by atoms with Crippen molar-refractivity contribution in [2.45, 2.75) is 57.4 Å². The normalized spacial score (nSPS) is 25.1. The minimum atomic E-state index is 0.298. The molecule has 0 saturated heterocycles. The minimum absolute atomic E-state index is 0.298. The lowest BCUT2D eigenvalue weighted by Crippen LogP contribution is -2.35. The maximum atomic E-state index is 6.58. The molecule has 0 amide bonds. The van der Waals surface area contributed by atoms with Crippen molar-refractivity contribution >= 4 is 0 Å². The van der Waals surface area contributed by atoms with Crippen LogP contribution in [0.2, 0.25) is 0 Å². The molecule has 0 fully saturated rings. The van der Waals surface area contributed by atoms with Crippen LogP contribution in [0, 0.1) is 5.92 Å². The average molecular weight is 255 g/mol. The molecular formula is C18H25N. The summed E-state index contributed by atoms with van der Waals surface area (Å²) in [6.45, 7) is 0. The fraction of sp³-hybridized carbons (Fsp3) is 0.556. The van der Waals surface area contributed by atoms with Crippen LogP contribution in [-0.2, 0) is 12.8 Å². The Morgan fingerprint density at radius 1 is 1.00 bits per heavy atom. The van der Waals surface area contributed by atoms with Gasteiger partial charge >= 0.3 is 0 Å². The molecule has 3 rings (SSSR count). The van der Waals surface area contributed by atoms with Gasteiger partial charge in [0, 0.05) is 6.04 Å². The summed E-state index contributed by atoms with van der Waals surface area (Å²) in [7, 11) is 0. The summed E-state index contributed by atoms with van der Waals surface area (Å²) < 4.78 is 0. The molecule has 0 bridgehead atoms. The van der Waals surface area contributed by atoms with Gasteiger partial charge in [0.25, 0.3) is 0 Å². The monoisotopic (exact) mass is 255 g/mol. The second-order valence-corrected chi connectivity index (χ2v) is 6.18. The number of nitrogens with two attached hydrogens (primary N) is 1. The predicted octanol–water partition coefficient (Wildman–Crippen LogP) is 4.01. The summed E-state index contributed by atoms with van der Waals surface area (Å²) in [6.07, 6.45) is 12.6. The zero-order valence-corrected chi connectivity index (χ0v) is 11.8. The number of fused-ring (bicyclic) bond motifs is 1. The molecule has 0 radical (unpaired) electrons. The van der Waals surface area contributed by atoms with Crippen molar-refractivity contribution in [3.8, 4) is 0 Å². The van der Waals surface area contributed by atoms with Gasteiger partial charge in [0.15, 0.2) is 0 Å². The molecular weight excluding hydrogens is 230 g/mol. The van der Waals surface area contributed by atoms with Crippen molar-refractivity contribution in [2.24, 2.45) is 11.7 Å². The summed E-state index contributed by atoms with van der Waals surface area (Å²) in [4.78, 5) is 0. The lowest BCUT2D eigenvalue weighted by Gasteiger charge is -2.31. The van der Waals surface area contributed by atoms with Crippen LogP contribution in [0.1, 0.15) is 49.7 Å². The topological polar surface area (TPSA) is 26.0 Å². The van der Waals surface area contributed by atoms with Crippen molar-refractivity contribution in [1.82, 2.24) is 0 Å². The maximum absolute atomic E-state index is 6.58. The Morgan fingerprint density at radius 2 is 1.84 bits per heavy atom. The van der Waals surface area contributed by atoms with E-state index in [1.54, 1.807) is 11.1 Å².